The number of nitro benzene ring substituents is 1. The van der Waals surface area contributed by atoms with E-state index >= 15 is 0 Å². The summed E-state index contributed by atoms with van der Waals surface area (Å²) in [4.78, 5) is 21.6. The first kappa shape index (κ1) is 14.6. The molecule has 0 saturated carbocycles. The van der Waals surface area contributed by atoms with Gasteiger partial charge in [0.1, 0.15) is 0 Å². The van der Waals surface area contributed by atoms with Gasteiger partial charge < -0.3 is 5.32 Å². The van der Waals surface area contributed by atoms with Gasteiger partial charge in [-0.3, -0.25) is 14.9 Å². The van der Waals surface area contributed by atoms with Crippen molar-refractivity contribution < 1.29 is 14.1 Å². The average Bonchev–Trinajstić information content (AvgIpc) is 2.47. The molecule has 2 aromatic carbocycles. The van der Waals surface area contributed by atoms with Crippen LogP contribution in [0.3, 0.4) is 0 Å². The Bertz CT molecular complexity index is 684. The second-order valence-corrected chi connectivity index (χ2v) is 4.43. The Hall–Kier alpha value is -2.76. The summed E-state index contributed by atoms with van der Waals surface area (Å²) in [5, 5.41) is 13.1. The van der Waals surface area contributed by atoms with Crippen molar-refractivity contribution in [3.8, 4) is 0 Å². The van der Waals surface area contributed by atoms with Gasteiger partial charge in [0.25, 0.3) is 5.91 Å². The first-order chi connectivity index (χ1) is 10.0. The number of hydrogen-bond acceptors (Lipinski definition) is 3. The lowest BCUT2D eigenvalue weighted by Gasteiger charge is -2.06. The molecule has 0 aromatic heterocycles. The molecule has 0 saturated heterocycles. The Labute approximate surface area is 120 Å². The summed E-state index contributed by atoms with van der Waals surface area (Å²) >= 11 is 0. The average molecular weight is 288 g/mol. The van der Waals surface area contributed by atoms with Crippen LogP contribution in [0.25, 0.3) is 0 Å². The third-order valence-corrected chi connectivity index (χ3v) is 3.03. The van der Waals surface area contributed by atoms with Crippen LogP contribution in [0, 0.1) is 15.9 Å². The highest BCUT2D eigenvalue weighted by Crippen LogP contribution is 2.19. The Balaban J connectivity index is 2.16. The van der Waals surface area contributed by atoms with Gasteiger partial charge in [0.05, 0.1) is 4.92 Å². The van der Waals surface area contributed by atoms with Gasteiger partial charge in [0.2, 0.25) is 5.82 Å². The molecule has 0 radical (unpaired) electrons. The Morgan fingerprint density at radius 2 is 1.90 bits per heavy atom. The first-order valence-corrected chi connectivity index (χ1v) is 6.35. The van der Waals surface area contributed by atoms with E-state index in [9.17, 15) is 19.3 Å². The summed E-state index contributed by atoms with van der Waals surface area (Å²) in [6.07, 6.45) is 0.891. The molecule has 21 heavy (non-hydrogen) atoms. The third kappa shape index (κ3) is 3.42. The molecule has 2 aromatic rings. The van der Waals surface area contributed by atoms with Crippen LogP contribution in [0.5, 0.6) is 0 Å². The summed E-state index contributed by atoms with van der Waals surface area (Å²) in [7, 11) is 0. The van der Waals surface area contributed by atoms with Crippen molar-refractivity contribution in [1.82, 2.24) is 0 Å². The number of amides is 1. The second kappa shape index (κ2) is 6.13. The summed E-state index contributed by atoms with van der Waals surface area (Å²) < 4.78 is 13.5. The number of benzene rings is 2. The maximum Gasteiger partial charge on any atom is 0.304 e. The SMILES string of the molecule is CCc1ccc(NC(=O)c2ccc([N+](=O)[O-])c(F)c2)cc1. The van der Waals surface area contributed by atoms with E-state index < -0.39 is 22.3 Å². The van der Waals surface area contributed by atoms with Crippen LogP contribution < -0.4 is 5.32 Å². The molecule has 108 valence electrons. The zero-order valence-corrected chi connectivity index (χ0v) is 11.3. The van der Waals surface area contributed by atoms with Gasteiger partial charge in [0, 0.05) is 17.3 Å². The minimum Gasteiger partial charge on any atom is -0.322 e. The lowest BCUT2D eigenvalue weighted by molar-refractivity contribution is -0.387. The lowest BCUT2D eigenvalue weighted by atomic mass is 10.1. The molecule has 0 bridgehead atoms. The van der Waals surface area contributed by atoms with Crippen molar-refractivity contribution in [1.29, 1.82) is 0 Å². The quantitative estimate of drug-likeness (QED) is 0.690. The maximum absolute atomic E-state index is 13.5. The number of nitrogens with one attached hydrogen (secondary N) is 1. The molecular weight excluding hydrogens is 275 g/mol. The van der Waals surface area contributed by atoms with Crippen LogP contribution in [-0.2, 0) is 6.42 Å². The molecule has 0 atom stereocenters. The largest absolute Gasteiger partial charge is 0.322 e. The summed E-state index contributed by atoms with van der Waals surface area (Å²) in [5.41, 5.74) is 1.09. The van der Waals surface area contributed by atoms with Crippen molar-refractivity contribution in [2.75, 3.05) is 5.32 Å². The lowest BCUT2D eigenvalue weighted by Crippen LogP contribution is -2.12. The number of halogens is 1. The van der Waals surface area contributed by atoms with E-state index in [2.05, 4.69) is 5.32 Å². The zero-order valence-electron chi connectivity index (χ0n) is 11.3. The Kier molecular flexibility index (Phi) is 4.27. The van der Waals surface area contributed by atoms with Gasteiger partial charge in [-0.05, 0) is 36.2 Å². The minimum atomic E-state index is -1.03. The number of hydrogen-bond donors (Lipinski definition) is 1. The molecular formula is C15H13FN2O3. The zero-order chi connectivity index (χ0) is 15.4. The number of carbonyl (C=O) groups excluding carboxylic acids is 1. The summed E-state index contributed by atoms with van der Waals surface area (Å²) in [6, 6.07) is 10.3. The van der Waals surface area contributed by atoms with E-state index in [1.807, 2.05) is 19.1 Å². The van der Waals surface area contributed by atoms with Crippen molar-refractivity contribution in [2.45, 2.75) is 13.3 Å². The number of rotatable bonds is 4. The van der Waals surface area contributed by atoms with Gasteiger partial charge in [-0.1, -0.05) is 19.1 Å². The van der Waals surface area contributed by atoms with Gasteiger partial charge in [-0.15, -0.1) is 0 Å². The fourth-order valence-corrected chi connectivity index (χ4v) is 1.82. The molecule has 6 heteroatoms. The smallest absolute Gasteiger partial charge is 0.304 e. The number of aryl methyl sites for hydroxylation is 1. The Morgan fingerprint density at radius 1 is 1.24 bits per heavy atom. The van der Waals surface area contributed by atoms with Crippen molar-refractivity contribution in [3.63, 3.8) is 0 Å². The number of nitrogens with zero attached hydrogens (tertiary/aromatic N) is 1. The molecule has 0 unspecified atom stereocenters. The molecule has 1 amide bonds. The third-order valence-electron chi connectivity index (χ3n) is 3.03. The van der Waals surface area contributed by atoms with Gasteiger partial charge >= 0.3 is 5.69 Å². The van der Waals surface area contributed by atoms with E-state index in [0.717, 1.165) is 24.1 Å². The van der Waals surface area contributed by atoms with E-state index in [4.69, 9.17) is 0 Å². The summed E-state index contributed by atoms with van der Waals surface area (Å²) in [5.74, 6) is -1.55. The molecule has 0 spiro atoms. The second-order valence-electron chi connectivity index (χ2n) is 4.43. The van der Waals surface area contributed by atoms with Crippen LogP contribution in [-0.4, -0.2) is 10.8 Å². The van der Waals surface area contributed by atoms with Gasteiger partial charge in [-0.25, -0.2) is 0 Å². The molecule has 0 aliphatic rings. The van der Waals surface area contributed by atoms with Crippen LogP contribution in [0.2, 0.25) is 0 Å². The fourth-order valence-electron chi connectivity index (χ4n) is 1.82. The molecule has 5 nitrogen and oxygen atoms in total. The molecule has 2 rings (SSSR count). The van der Waals surface area contributed by atoms with Crippen molar-refractivity contribution >= 4 is 17.3 Å². The molecule has 0 heterocycles. The van der Waals surface area contributed by atoms with E-state index in [1.54, 1.807) is 12.1 Å². The first-order valence-electron chi connectivity index (χ1n) is 6.35. The van der Waals surface area contributed by atoms with Crippen LogP contribution in [0.15, 0.2) is 42.5 Å². The standard InChI is InChI=1S/C15H13FN2O3/c1-2-10-3-6-12(7-4-10)17-15(19)11-5-8-14(18(20)21)13(16)9-11/h3-9H,2H2,1H3,(H,17,19). The normalized spacial score (nSPS) is 10.2. The molecule has 0 aliphatic heterocycles. The van der Waals surface area contributed by atoms with Crippen LogP contribution >= 0.6 is 0 Å². The van der Waals surface area contributed by atoms with Crippen LogP contribution in [0.4, 0.5) is 15.8 Å². The highest BCUT2D eigenvalue weighted by atomic mass is 19.1. The summed E-state index contributed by atoms with van der Waals surface area (Å²) in [6.45, 7) is 2.02. The minimum absolute atomic E-state index is 0.0256. The Morgan fingerprint density at radius 3 is 2.43 bits per heavy atom. The molecule has 0 aliphatic carbocycles. The highest BCUT2D eigenvalue weighted by Gasteiger charge is 2.16. The molecule has 1 N–H and O–H groups in total. The van der Waals surface area contributed by atoms with Crippen molar-refractivity contribution in [3.05, 3.63) is 69.5 Å². The number of anilines is 1. The number of nitro groups is 1. The number of carbonyl (C=O) groups is 1. The monoisotopic (exact) mass is 288 g/mol. The predicted molar refractivity (Wildman–Crippen MR) is 76.8 cm³/mol. The topological polar surface area (TPSA) is 72.2 Å². The van der Waals surface area contributed by atoms with Gasteiger partial charge in [-0.2, -0.15) is 4.39 Å². The van der Waals surface area contributed by atoms with E-state index in [1.165, 1.54) is 6.07 Å². The maximum atomic E-state index is 13.5. The van der Waals surface area contributed by atoms with Crippen molar-refractivity contribution in [2.24, 2.45) is 0 Å². The van der Waals surface area contributed by atoms with E-state index in [0.29, 0.717) is 5.69 Å². The van der Waals surface area contributed by atoms with E-state index in [-0.39, 0.29) is 5.56 Å². The van der Waals surface area contributed by atoms with Gasteiger partial charge in [0.15, 0.2) is 0 Å². The highest BCUT2D eigenvalue weighted by molar-refractivity contribution is 6.04. The van der Waals surface area contributed by atoms with Crippen LogP contribution in [0.1, 0.15) is 22.8 Å². The predicted octanol–water partition coefficient (Wildman–Crippen LogP) is 3.55. The molecule has 0 fully saturated rings. The fraction of sp³-hybridized carbons (Fsp3) is 0.133.